The number of hydrogen-bond acceptors (Lipinski definition) is 2. The van der Waals surface area contributed by atoms with E-state index in [-0.39, 0.29) is 17.4 Å². The van der Waals surface area contributed by atoms with Gasteiger partial charge in [0.05, 0.1) is 25.1 Å². The summed E-state index contributed by atoms with van der Waals surface area (Å²) in [5, 5.41) is 2.59. The summed E-state index contributed by atoms with van der Waals surface area (Å²) >= 11 is 0. The van der Waals surface area contributed by atoms with E-state index < -0.39 is 0 Å². The average Bonchev–Trinajstić information content (AvgIpc) is 3.72. The SMILES string of the molecule is c1ccc2c(c1)C1CC(c3ccoc3)(c3ccoc3)C2c2n1cc[n+]2Cc1cccc2ccccc12. The molecule has 4 heteroatoms. The van der Waals surface area contributed by atoms with Crippen LogP contribution in [0.4, 0.5) is 0 Å². The van der Waals surface area contributed by atoms with Crippen LogP contribution in [0.2, 0.25) is 0 Å². The van der Waals surface area contributed by atoms with Crippen molar-refractivity contribution in [3.8, 4) is 0 Å². The van der Waals surface area contributed by atoms with E-state index in [4.69, 9.17) is 8.83 Å². The molecule has 2 aliphatic heterocycles. The minimum Gasteiger partial charge on any atom is -0.472 e. The molecule has 0 amide bonds. The predicted molar refractivity (Wildman–Crippen MR) is 137 cm³/mol. The van der Waals surface area contributed by atoms with Crippen molar-refractivity contribution in [2.45, 2.75) is 30.3 Å². The van der Waals surface area contributed by atoms with E-state index in [1.165, 1.54) is 44.4 Å². The summed E-state index contributed by atoms with van der Waals surface area (Å²) in [7, 11) is 0. The van der Waals surface area contributed by atoms with E-state index >= 15 is 0 Å². The molecule has 9 rings (SSSR count). The van der Waals surface area contributed by atoms with Crippen LogP contribution in [0.25, 0.3) is 10.8 Å². The zero-order valence-electron chi connectivity index (χ0n) is 19.7. The van der Waals surface area contributed by atoms with Crippen molar-refractivity contribution in [1.29, 1.82) is 0 Å². The molecule has 0 spiro atoms. The summed E-state index contributed by atoms with van der Waals surface area (Å²) in [6, 6.07) is 28.8. The van der Waals surface area contributed by atoms with Crippen LogP contribution in [-0.2, 0) is 12.0 Å². The van der Waals surface area contributed by atoms with Crippen LogP contribution < -0.4 is 4.57 Å². The first-order valence-electron chi connectivity index (χ1n) is 12.6. The van der Waals surface area contributed by atoms with Gasteiger partial charge in [0, 0.05) is 34.1 Å². The zero-order valence-corrected chi connectivity index (χ0v) is 19.7. The molecule has 0 fully saturated rings. The summed E-state index contributed by atoms with van der Waals surface area (Å²) in [5.74, 6) is 1.46. The van der Waals surface area contributed by atoms with Crippen LogP contribution >= 0.6 is 0 Å². The van der Waals surface area contributed by atoms with Crippen LogP contribution in [0, 0.1) is 0 Å². The number of nitrogens with zero attached hydrogens (tertiary/aromatic N) is 2. The van der Waals surface area contributed by atoms with E-state index in [1.807, 2.05) is 12.5 Å². The molecule has 0 N–H and O–H groups in total. The van der Waals surface area contributed by atoms with Gasteiger partial charge in [-0.2, -0.15) is 0 Å². The standard InChI is InChI=1S/C32H25N2O2/c1-2-9-26-22(6-1)7-5-8-23(26)19-33-14-15-34-29-18-32(24-12-16-35-20-24,25-13-17-36-21-25)30(31(33)34)28-11-4-3-10-27(28)29/h1-17,20-21,29-30H,18-19H2/q+1. The van der Waals surface area contributed by atoms with Gasteiger partial charge in [-0.3, -0.25) is 0 Å². The van der Waals surface area contributed by atoms with E-state index in [2.05, 4.69) is 100 Å². The van der Waals surface area contributed by atoms with Crippen LogP contribution in [0.5, 0.6) is 0 Å². The maximum Gasteiger partial charge on any atom is 0.266 e. The Balaban J connectivity index is 1.38. The Morgan fingerprint density at radius 1 is 0.806 bits per heavy atom. The second-order valence-electron chi connectivity index (χ2n) is 10.1. The van der Waals surface area contributed by atoms with Crippen LogP contribution in [-0.4, -0.2) is 4.57 Å². The predicted octanol–water partition coefficient (Wildman–Crippen LogP) is 6.59. The second-order valence-corrected chi connectivity index (χ2v) is 10.1. The van der Waals surface area contributed by atoms with Gasteiger partial charge in [0.1, 0.15) is 30.9 Å². The molecule has 1 aliphatic carbocycles. The highest BCUT2D eigenvalue weighted by atomic mass is 16.3. The Bertz CT molecular complexity index is 1670. The first-order valence-corrected chi connectivity index (χ1v) is 12.6. The summed E-state index contributed by atoms with van der Waals surface area (Å²) in [6.45, 7) is 0.821. The third-order valence-electron chi connectivity index (χ3n) is 8.53. The Labute approximate surface area is 209 Å². The van der Waals surface area contributed by atoms with Gasteiger partial charge in [-0.15, -0.1) is 0 Å². The highest BCUT2D eigenvalue weighted by molar-refractivity contribution is 5.85. The largest absolute Gasteiger partial charge is 0.472 e. The fraction of sp³-hybridized carbons (Fsp3) is 0.156. The quantitative estimate of drug-likeness (QED) is 0.273. The average molecular weight is 470 g/mol. The van der Waals surface area contributed by atoms with Gasteiger partial charge in [-0.05, 0) is 28.5 Å². The Kier molecular flexibility index (Phi) is 4.07. The molecular formula is C32H25N2O2+. The van der Waals surface area contributed by atoms with Crippen molar-refractivity contribution < 1.29 is 13.4 Å². The normalized spacial score (nSPS) is 19.3. The Morgan fingerprint density at radius 3 is 2.31 bits per heavy atom. The third kappa shape index (κ3) is 2.56. The molecule has 3 aromatic carbocycles. The van der Waals surface area contributed by atoms with E-state index in [1.54, 1.807) is 12.5 Å². The molecule has 36 heavy (non-hydrogen) atoms. The molecule has 3 aliphatic rings. The number of fused-ring (bicyclic) bond motifs is 2. The molecule has 6 aromatic rings. The lowest BCUT2D eigenvalue weighted by Crippen LogP contribution is -2.53. The lowest BCUT2D eigenvalue weighted by Gasteiger charge is -2.49. The first-order chi connectivity index (χ1) is 17.8. The number of benzene rings is 3. The maximum absolute atomic E-state index is 5.69. The Morgan fingerprint density at radius 2 is 1.53 bits per heavy atom. The van der Waals surface area contributed by atoms with Gasteiger partial charge in [0.2, 0.25) is 0 Å². The highest BCUT2D eigenvalue weighted by Gasteiger charge is 2.60. The molecule has 174 valence electrons. The minimum absolute atomic E-state index is 0.124. The van der Waals surface area contributed by atoms with Gasteiger partial charge < -0.3 is 8.83 Å². The van der Waals surface area contributed by atoms with Crippen molar-refractivity contribution in [2.24, 2.45) is 0 Å². The molecule has 5 heterocycles. The molecule has 2 unspecified atom stereocenters. The van der Waals surface area contributed by atoms with Crippen molar-refractivity contribution in [1.82, 2.24) is 4.57 Å². The van der Waals surface area contributed by atoms with E-state index in [0.717, 1.165) is 13.0 Å². The lowest BCUT2D eigenvalue weighted by atomic mass is 9.55. The van der Waals surface area contributed by atoms with Gasteiger partial charge in [-0.25, -0.2) is 9.13 Å². The highest BCUT2D eigenvalue weighted by Crippen LogP contribution is 2.61. The Hall–Kier alpha value is -4.31. The van der Waals surface area contributed by atoms with Crippen LogP contribution in [0.1, 0.15) is 52.0 Å². The molecular weight excluding hydrogens is 444 g/mol. The van der Waals surface area contributed by atoms with Crippen molar-refractivity contribution in [3.05, 3.63) is 150 Å². The first kappa shape index (κ1) is 19.9. The smallest absolute Gasteiger partial charge is 0.266 e. The number of hydrogen-bond donors (Lipinski definition) is 0. The van der Waals surface area contributed by atoms with Gasteiger partial charge in [-0.1, -0.05) is 66.7 Å². The fourth-order valence-corrected chi connectivity index (χ4v) is 7.03. The molecule has 4 nitrogen and oxygen atoms in total. The number of imidazole rings is 1. The monoisotopic (exact) mass is 469 g/mol. The molecule has 2 atom stereocenters. The van der Waals surface area contributed by atoms with Crippen LogP contribution in [0.15, 0.2) is 125 Å². The van der Waals surface area contributed by atoms with Crippen molar-refractivity contribution >= 4 is 10.8 Å². The summed E-state index contributed by atoms with van der Waals surface area (Å²) < 4.78 is 16.3. The van der Waals surface area contributed by atoms with Crippen molar-refractivity contribution in [2.75, 3.05) is 0 Å². The zero-order chi connectivity index (χ0) is 23.7. The number of aromatic nitrogens is 2. The maximum atomic E-state index is 5.69. The van der Waals surface area contributed by atoms with Crippen molar-refractivity contribution in [3.63, 3.8) is 0 Å². The molecule has 2 bridgehead atoms. The molecule has 0 radical (unpaired) electrons. The van der Waals surface area contributed by atoms with Gasteiger partial charge in [0.25, 0.3) is 5.82 Å². The van der Waals surface area contributed by atoms with E-state index in [0.29, 0.717) is 0 Å². The summed E-state index contributed by atoms with van der Waals surface area (Å²) in [6.07, 6.45) is 13.0. The fourth-order valence-electron chi connectivity index (χ4n) is 7.03. The van der Waals surface area contributed by atoms with Crippen LogP contribution in [0.3, 0.4) is 0 Å². The van der Waals surface area contributed by atoms with Gasteiger partial charge >= 0.3 is 0 Å². The summed E-state index contributed by atoms with van der Waals surface area (Å²) in [4.78, 5) is 0. The molecule has 3 aromatic heterocycles. The molecule has 0 saturated heterocycles. The number of rotatable bonds is 4. The minimum atomic E-state index is -0.270. The topological polar surface area (TPSA) is 35.1 Å². The lowest BCUT2D eigenvalue weighted by molar-refractivity contribution is -0.697. The van der Waals surface area contributed by atoms with Gasteiger partial charge in [0.15, 0.2) is 0 Å². The third-order valence-corrected chi connectivity index (χ3v) is 8.53. The molecule has 0 saturated carbocycles. The van der Waals surface area contributed by atoms with E-state index in [9.17, 15) is 0 Å². The second kappa shape index (κ2) is 7.34. The number of furan rings is 2. The summed E-state index contributed by atoms with van der Waals surface area (Å²) in [5.41, 5.74) is 6.29.